The zero-order chi connectivity index (χ0) is 14.7. The Morgan fingerprint density at radius 3 is 1.63 bits per heavy atom. The molecule has 0 unspecified atom stereocenters. The van der Waals surface area contributed by atoms with Crippen LogP contribution in [0, 0.1) is 20.2 Å². The van der Waals surface area contributed by atoms with Crippen LogP contribution >= 0.6 is 0 Å². The summed E-state index contributed by atoms with van der Waals surface area (Å²) in [5.41, 5.74) is -2.81. The van der Waals surface area contributed by atoms with E-state index in [1.54, 1.807) is 0 Å². The quantitative estimate of drug-likeness (QED) is 0.450. The van der Waals surface area contributed by atoms with E-state index >= 15 is 0 Å². The number of carbonyl (C=O) groups is 2. The van der Waals surface area contributed by atoms with Crippen molar-refractivity contribution in [1.29, 1.82) is 0 Å². The number of nitro benzene ring substituents is 2. The van der Waals surface area contributed by atoms with E-state index in [9.17, 15) is 29.8 Å². The van der Waals surface area contributed by atoms with Gasteiger partial charge < -0.3 is 10.2 Å². The van der Waals surface area contributed by atoms with Crippen LogP contribution in [0.2, 0.25) is 0 Å². The molecular weight excluding hydrogens is 264 g/mol. The molecule has 10 nitrogen and oxygen atoms in total. The fraction of sp³-hybridized carbons (Fsp3) is 0.111. The van der Waals surface area contributed by atoms with Crippen LogP contribution in [0.1, 0.15) is 11.5 Å². The topological polar surface area (TPSA) is 161 Å². The summed E-state index contributed by atoms with van der Waals surface area (Å²) in [6, 6.07) is 2.59. The first-order valence-corrected chi connectivity index (χ1v) is 4.64. The predicted octanol–water partition coefficient (Wildman–Crippen LogP) is 0.756. The number of aliphatic carboxylic acids is 2. The van der Waals surface area contributed by atoms with Gasteiger partial charge in [0.15, 0.2) is 5.92 Å². The van der Waals surface area contributed by atoms with Gasteiger partial charge >= 0.3 is 11.9 Å². The van der Waals surface area contributed by atoms with Crippen LogP contribution in [0.4, 0.5) is 11.4 Å². The fourth-order valence-corrected chi connectivity index (χ4v) is 1.51. The van der Waals surface area contributed by atoms with Gasteiger partial charge in [-0.2, -0.15) is 0 Å². The van der Waals surface area contributed by atoms with Crippen LogP contribution in [0.3, 0.4) is 0 Å². The summed E-state index contributed by atoms with van der Waals surface area (Å²) in [6.07, 6.45) is 0. The van der Waals surface area contributed by atoms with Gasteiger partial charge in [0.05, 0.1) is 9.85 Å². The maximum absolute atomic E-state index is 10.9. The molecule has 1 rings (SSSR count). The molecule has 100 valence electrons. The van der Waals surface area contributed by atoms with E-state index < -0.39 is 44.6 Å². The van der Waals surface area contributed by atoms with E-state index in [0.29, 0.717) is 0 Å². The number of hydrogen-bond donors (Lipinski definition) is 2. The summed E-state index contributed by atoms with van der Waals surface area (Å²) in [6.45, 7) is 0. The van der Waals surface area contributed by atoms with Gasteiger partial charge in [-0.15, -0.1) is 0 Å². The third-order valence-corrected chi connectivity index (χ3v) is 2.24. The van der Waals surface area contributed by atoms with Gasteiger partial charge in [0.2, 0.25) is 0 Å². The van der Waals surface area contributed by atoms with Crippen LogP contribution in [-0.4, -0.2) is 32.0 Å². The lowest BCUT2D eigenvalue weighted by molar-refractivity contribution is -0.395. The van der Waals surface area contributed by atoms with Crippen molar-refractivity contribution < 1.29 is 29.6 Å². The van der Waals surface area contributed by atoms with Gasteiger partial charge in [-0.3, -0.25) is 29.8 Å². The Hall–Kier alpha value is -3.04. The van der Waals surface area contributed by atoms with Crippen molar-refractivity contribution in [3.63, 3.8) is 0 Å². The Labute approximate surface area is 104 Å². The SMILES string of the molecule is O=C(O)C(C(=O)O)c1c([N+](=O)[O-])cccc1[N+](=O)[O-]. The number of nitrogens with zero attached hydrogens (tertiary/aromatic N) is 2. The molecule has 0 atom stereocenters. The maximum atomic E-state index is 10.9. The number of nitro groups is 2. The number of carboxylic acid groups (broad SMARTS) is 2. The van der Waals surface area contributed by atoms with Gasteiger partial charge in [0, 0.05) is 12.1 Å². The summed E-state index contributed by atoms with van der Waals surface area (Å²) < 4.78 is 0. The summed E-state index contributed by atoms with van der Waals surface area (Å²) >= 11 is 0. The van der Waals surface area contributed by atoms with E-state index in [2.05, 4.69) is 0 Å². The molecule has 0 fully saturated rings. The standard InChI is InChI=1S/C9H6N2O8/c12-8(13)7(9(14)15)6-4(10(16)17)2-1-3-5(6)11(18)19/h1-3,7H,(H,12,13)(H,14,15). The Bertz CT molecular complexity index is 535. The van der Waals surface area contributed by atoms with Crippen LogP contribution < -0.4 is 0 Å². The smallest absolute Gasteiger partial charge is 0.323 e. The summed E-state index contributed by atoms with van der Waals surface area (Å²) in [7, 11) is 0. The van der Waals surface area contributed by atoms with Crippen molar-refractivity contribution in [2.45, 2.75) is 5.92 Å². The van der Waals surface area contributed by atoms with Gasteiger partial charge in [-0.1, -0.05) is 0 Å². The van der Waals surface area contributed by atoms with Gasteiger partial charge in [-0.25, -0.2) is 0 Å². The second-order valence-electron chi connectivity index (χ2n) is 3.33. The highest BCUT2D eigenvalue weighted by Crippen LogP contribution is 2.35. The Kier molecular flexibility index (Phi) is 3.75. The molecule has 0 aliphatic carbocycles. The van der Waals surface area contributed by atoms with E-state index in [0.717, 1.165) is 18.2 Å². The number of rotatable bonds is 5. The molecule has 0 saturated carbocycles. The largest absolute Gasteiger partial charge is 0.480 e. The van der Waals surface area contributed by atoms with Gasteiger partial charge in [0.25, 0.3) is 11.4 Å². The number of carboxylic acids is 2. The van der Waals surface area contributed by atoms with Gasteiger partial charge in [-0.05, 0) is 6.07 Å². The lowest BCUT2D eigenvalue weighted by Crippen LogP contribution is -2.23. The number of hydrogen-bond acceptors (Lipinski definition) is 6. The van der Waals surface area contributed by atoms with E-state index in [-0.39, 0.29) is 0 Å². The summed E-state index contributed by atoms with van der Waals surface area (Å²) in [5, 5.41) is 39.1. The van der Waals surface area contributed by atoms with E-state index in [4.69, 9.17) is 10.2 Å². The van der Waals surface area contributed by atoms with Gasteiger partial charge in [0.1, 0.15) is 5.56 Å². The third-order valence-electron chi connectivity index (χ3n) is 2.24. The minimum atomic E-state index is -2.39. The molecule has 10 heteroatoms. The number of benzene rings is 1. The Morgan fingerprint density at radius 2 is 1.37 bits per heavy atom. The molecule has 19 heavy (non-hydrogen) atoms. The molecule has 0 radical (unpaired) electrons. The monoisotopic (exact) mass is 270 g/mol. The van der Waals surface area contributed by atoms with E-state index in [1.165, 1.54) is 0 Å². The average molecular weight is 270 g/mol. The second kappa shape index (κ2) is 5.08. The first-order valence-electron chi connectivity index (χ1n) is 4.64. The van der Waals surface area contributed by atoms with Crippen LogP contribution in [-0.2, 0) is 9.59 Å². The van der Waals surface area contributed by atoms with Crippen molar-refractivity contribution in [3.05, 3.63) is 44.0 Å². The zero-order valence-corrected chi connectivity index (χ0v) is 9.05. The van der Waals surface area contributed by atoms with Crippen LogP contribution in [0.15, 0.2) is 18.2 Å². The molecule has 0 spiro atoms. The minimum Gasteiger partial charge on any atom is -0.480 e. The lowest BCUT2D eigenvalue weighted by atomic mass is 9.95. The maximum Gasteiger partial charge on any atom is 0.323 e. The fourth-order valence-electron chi connectivity index (χ4n) is 1.51. The molecule has 0 aliphatic rings. The highest BCUT2D eigenvalue weighted by molar-refractivity contribution is 6.01. The molecule has 0 saturated heterocycles. The molecule has 1 aromatic rings. The highest BCUT2D eigenvalue weighted by Gasteiger charge is 2.40. The molecule has 0 amide bonds. The van der Waals surface area contributed by atoms with Crippen molar-refractivity contribution in [2.24, 2.45) is 0 Å². The van der Waals surface area contributed by atoms with Crippen LogP contribution in [0.5, 0.6) is 0 Å². The average Bonchev–Trinajstić information content (AvgIpc) is 2.27. The molecule has 0 aliphatic heterocycles. The predicted molar refractivity (Wildman–Crippen MR) is 57.8 cm³/mol. The Morgan fingerprint density at radius 1 is 1.00 bits per heavy atom. The first kappa shape index (κ1) is 14.0. The molecule has 0 bridgehead atoms. The second-order valence-corrected chi connectivity index (χ2v) is 3.33. The van der Waals surface area contributed by atoms with Crippen molar-refractivity contribution in [2.75, 3.05) is 0 Å². The molecule has 0 heterocycles. The van der Waals surface area contributed by atoms with Crippen molar-refractivity contribution >= 4 is 23.3 Å². The lowest BCUT2D eigenvalue weighted by Gasteiger charge is -2.08. The summed E-state index contributed by atoms with van der Waals surface area (Å²) in [5.74, 6) is -6.24. The summed E-state index contributed by atoms with van der Waals surface area (Å²) in [4.78, 5) is 41.1. The normalized spacial score (nSPS) is 10.2. The minimum absolute atomic E-state index is 0.807. The molecular formula is C9H6N2O8. The first-order chi connectivity index (χ1) is 8.77. The Balaban J connectivity index is 3.69. The highest BCUT2D eigenvalue weighted by atomic mass is 16.6. The van der Waals surface area contributed by atoms with Crippen LogP contribution in [0.25, 0.3) is 0 Å². The molecule has 0 aromatic heterocycles. The zero-order valence-electron chi connectivity index (χ0n) is 9.05. The third kappa shape index (κ3) is 2.62. The van der Waals surface area contributed by atoms with E-state index in [1.807, 2.05) is 0 Å². The van der Waals surface area contributed by atoms with Crippen molar-refractivity contribution in [3.8, 4) is 0 Å². The molecule has 2 N–H and O–H groups in total. The van der Waals surface area contributed by atoms with Crippen molar-refractivity contribution in [1.82, 2.24) is 0 Å². The molecule has 1 aromatic carbocycles.